The molecule has 120 valence electrons. The Hall–Kier alpha value is -2.45. The summed E-state index contributed by atoms with van der Waals surface area (Å²) in [5.74, 6) is -2.32. The maximum atomic E-state index is 11.9. The molecule has 0 saturated carbocycles. The lowest BCUT2D eigenvalue weighted by atomic mass is 10.1. The molecule has 0 aliphatic carbocycles. The highest BCUT2D eigenvalue weighted by atomic mass is 16.5. The molecule has 0 aromatic heterocycles. The Morgan fingerprint density at radius 2 is 1.77 bits per heavy atom. The van der Waals surface area contributed by atoms with Crippen LogP contribution in [0.15, 0.2) is 18.2 Å². The lowest BCUT2D eigenvalue weighted by molar-refractivity contribution is -0.136. The normalized spacial score (nSPS) is 11.7. The molecule has 1 aromatic rings. The van der Waals surface area contributed by atoms with Gasteiger partial charge in [0.05, 0.1) is 5.56 Å². The van der Waals surface area contributed by atoms with Gasteiger partial charge in [0.25, 0.3) is 5.91 Å². The number of benzene rings is 1. The summed E-state index contributed by atoms with van der Waals surface area (Å²) in [5, 5.41) is 0. The summed E-state index contributed by atoms with van der Waals surface area (Å²) in [5.41, 5.74) is 21.4. The number of ether oxygens (including phenoxy) is 1. The molecule has 2 amide bonds. The minimum atomic E-state index is -0.845. The van der Waals surface area contributed by atoms with Crippen molar-refractivity contribution >= 4 is 17.8 Å². The molecule has 22 heavy (non-hydrogen) atoms. The molecule has 0 heterocycles. The largest absolute Gasteiger partial charge is 0.425 e. The Morgan fingerprint density at radius 1 is 1.09 bits per heavy atom. The van der Waals surface area contributed by atoms with Gasteiger partial charge in [-0.2, -0.15) is 0 Å². The Bertz CT molecular complexity index is 574. The summed E-state index contributed by atoms with van der Waals surface area (Å²) in [6.45, 7) is 0.516. The second-order valence-electron chi connectivity index (χ2n) is 4.75. The fourth-order valence-electron chi connectivity index (χ4n) is 1.78. The zero-order chi connectivity index (χ0) is 16.7. The Labute approximate surface area is 127 Å². The van der Waals surface area contributed by atoms with Gasteiger partial charge >= 0.3 is 5.97 Å². The standard InChI is InChI=1S/C14H20N4O4/c15-6-2-1-3-10(16)14(21)22-11-5-4-8(12(17)19)7-9(11)13(18)20/h4-5,7,10H,1-3,6,15-16H2,(H2,17,19)(H2,18,20)/t10-/m0/s1. The maximum Gasteiger partial charge on any atom is 0.328 e. The quantitative estimate of drug-likeness (QED) is 0.280. The van der Waals surface area contributed by atoms with Crippen LogP contribution >= 0.6 is 0 Å². The van der Waals surface area contributed by atoms with Crippen LogP contribution in [0.1, 0.15) is 40.0 Å². The Morgan fingerprint density at radius 3 is 2.32 bits per heavy atom. The highest BCUT2D eigenvalue weighted by Gasteiger charge is 2.19. The zero-order valence-electron chi connectivity index (χ0n) is 12.1. The predicted octanol–water partition coefficient (Wildman–Crippen LogP) is -0.754. The van der Waals surface area contributed by atoms with Crippen LogP contribution < -0.4 is 27.7 Å². The molecule has 1 atom stereocenters. The van der Waals surface area contributed by atoms with Crippen LogP contribution in [0.3, 0.4) is 0 Å². The molecule has 0 bridgehead atoms. The van der Waals surface area contributed by atoms with Crippen molar-refractivity contribution in [2.24, 2.45) is 22.9 Å². The number of esters is 1. The van der Waals surface area contributed by atoms with Crippen LogP contribution in [0.2, 0.25) is 0 Å². The molecule has 8 nitrogen and oxygen atoms in total. The molecule has 0 saturated heterocycles. The molecule has 0 fully saturated rings. The maximum absolute atomic E-state index is 11.9. The van der Waals surface area contributed by atoms with E-state index in [1.807, 2.05) is 0 Å². The van der Waals surface area contributed by atoms with Crippen molar-refractivity contribution < 1.29 is 19.1 Å². The smallest absolute Gasteiger partial charge is 0.328 e. The van der Waals surface area contributed by atoms with E-state index < -0.39 is 23.8 Å². The van der Waals surface area contributed by atoms with Gasteiger partial charge in [0.1, 0.15) is 11.8 Å². The summed E-state index contributed by atoms with van der Waals surface area (Å²) in [6, 6.07) is 2.96. The van der Waals surface area contributed by atoms with E-state index in [1.165, 1.54) is 18.2 Å². The molecule has 0 radical (unpaired) electrons. The number of hydrogen-bond donors (Lipinski definition) is 4. The Balaban J connectivity index is 2.86. The third-order valence-corrected chi connectivity index (χ3v) is 3.01. The van der Waals surface area contributed by atoms with Crippen molar-refractivity contribution in [3.8, 4) is 5.75 Å². The zero-order valence-corrected chi connectivity index (χ0v) is 12.1. The van der Waals surface area contributed by atoms with Gasteiger partial charge in [-0.1, -0.05) is 6.42 Å². The van der Waals surface area contributed by atoms with E-state index >= 15 is 0 Å². The monoisotopic (exact) mass is 308 g/mol. The number of primary amides is 2. The number of nitrogens with two attached hydrogens (primary N) is 4. The van der Waals surface area contributed by atoms with Crippen molar-refractivity contribution in [1.82, 2.24) is 0 Å². The number of unbranched alkanes of at least 4 members (excludes halogenated alkanes) is 1. The SMILES string of the molecule is NCCCC[C@H](N)C(=O)Oc1ccc(C(N)=O)cc1C(N)=O. The summed E-state index contributed by atoms with van der Waals surface area (Å²) in [7, 11) is 0. The van der Waals surface area contributed by atoms with Gasteiger partial charge in [-0.3, -0.25) is 9.59 Å². The first-order valence-corrected chi connectivity index (χ1v) is 6.77. The fourth-order valence-corrected chi connectivity index (χ4v) is 1.78. The van der Waals surface area contributed by atoms with E-state index in [0.717, 1.165) is 6.42 Å². The predicted molar refractivity (Wildman–Crippen MR) is 80.0 cm³/mol. The summed E-state index contributed by atoms with van der Waals surface area (Å²) in [4.78, 5) is 34.4. The van der Waals surface area contributed by atoms with Gasteiger partial charge in [-0.05, 0) is 37.6 Å². The number of amides is 2. The van der Waals surface area contributed by atoms with Crippen LogP contribution in [0.5, 0.6) is 5.75 Å². The number of rotatable bonds is 8. The van der Waals surface area contributed by atoms with Crippen LogP contribution in [-0.2, 0) is 4.79 Å². The van der Waals surface area contributed by atoms with E-state index in [0.29, 0.717) is 19.4 Å². The van der Waals surface area contributed by atoms with Gasteiger partial charge in [-0.15, -0.1) is 0 Å². The highest BCUT2D eigenvalue weighted by molar-refractivity contribution is 6.01. The highest BCUT2D eigenvalue weighted by Crippen LogP contribution is 2.20. The first kappa shape index (κ1) is 17.6. The van der Waals surface area contributed by atoms with E-state index in [-0.39, 0.29) is 16.9 Å². The summed E-state index contributed by atoms with van der Waals surface area (Å²) < 4.78 is 5.09. The average Bonchev–Trinajstić information content (AvgIpc) is 2.47. The molecule has 1 aromatic carbocycles. The molecule has 0 spiro atoms. The van der Waals surface area contributed by atoms with Gasteiger partial charge < -0.3 is 27.7 Å². The van der Waals surface area contributed by atoms with Crippen molar-refractivity contribution in [3.63, 3.8) is 0 Å². The lowest BCUT2D eigenvalue weighted by Crippen LogP contribution is -2.34. The molecular weight excluding hydrogens is 288 g/mol. The van der Waals surface area contributed by atoms with Crippen molar-refractivity contribution in [1.29, 1.82) is 0 Å². The van der Waals surface area contributed by atoms with Crippen LogP contribution in [0, 0.1) is 0 Å². The van der Waals surface area contributed by atoms with E-state index in [2.05, 4.69) is 0 Å². The van der Waals surface area contributed by atoms with Gasteiger partial charge in [0.2, 0.25) is 5.91 Å². The minimum Gasteiger partial charge on any atom is -0.425 e. The second kappa shape index (κ2) is 8.11. The molecular formula is C14H20N4O4. The number of hydrogen-bond acceptors (Lipinski definition) is 6. The molecule has 0 unspecified atom stereocenters. The van der Waals surface area contributed by atoms with E-state index in [4.69, 9.17) is 27.7 Å². The fraction of sp³-hybridized carbons (Fsp3) is 0.357. The van der Waals surface area contributed by atoms with Crippen LogP contribution in [-0.4, -0.2) is 30.4 Å². The molecule has 0 aliphatic rings. The topological polar surface area (TPSA) is 165 Å². The van der Waals surface area contributed by atoms with Crippen LogP contribution in [0.25, 0.3) is 0 Å². The third-order valence-electron chi connectivity index (χ3n) is 3.01. The summed E-state index contributed by atoms with van der Waals surface area (Å²) in [6.07, 6.45) is 1.86. The van der Waals surface area contributed by atoms with Crippen LogP contribution in [0.4, 0.5) is 0 Å². The van der Waals surface area contributed by atoms with Crippen molar-refractivity contribution in [3.05, 3.63) is 29.3 Å². The molecule has 8 N–H and O–H groups in total. The third kappa shape index (κ3) is 4.83. The average molecular weight is 308 g/mol. The second-order valence-corrected chi connectivity index (χ2v) is 4.75. The van der Waals surface area contributed by atoms with Gasteiger partial charge in [0.15, 0.2) is 0 Å². The van der Waals surface area contributed by atoms with E-state index in [1.54, 1.807) is 0 Å². The number of carbonyl (C=O) groups is 3. The lowest BCUT2D eigenvalue weighted by Gasteiger charge is -2.13. The first-order chi connectivity index (χ1) is 10.4. The van der Waals surface area contributed by atoms with Crippen molar-refractivity contribution in [2.75, 3.05) is 6.54 Å². The minimum absolute atomic E-state index is 0.0585. The molecule has 1 rings (SSSR count). The van der Waals surface area contributed by atoms with E-state index in [9.17, 15) is 14.4 Å². The summed E-state index contributed by atoms with van der Waals surface area (Å²) >= 11 is 0. The molecule has 8 heteroatoms. The van der Waals surface area contributed by atoms with Crippen molar-refractivity contribution in [2.45, 2.75) is 25.3 Å². The van der Waals surface area contributed by atoms with Gasteiger partial charge in [0, 0.05) is 5.56 Å². The van der Waals surface area contributed by atoms with Gasteiger partial charge in [-0.25, -0.2) is 4.79 Å². The Kier molecular flexibility index (Phi) is 6.48. The first-order valence-electron chi connectivity index (χ1n) is 6.77. The number of carbonyl (C=O) groups excluding carboxylic acids is 3. The molecule has 0 aliphatic heterocycles.